The third kappa shape index (κ3) is 2.68. The Morgan fingerprint density at radius 2 is 2.14 bits per heavy atom. The van der Waals surface area contributed by atoms with Gasteiger partial charge in [0.2, 0.25) is 5.89 Å². The van der Waals surface area contributed by atoms with Crippen molar-refractivity contribution in [1.29, 1.82) is 0 Å². The van der Waals surface area contributed by atoms with E-state index in [1.807, 2.05) is 36.9 Å². The third-order valence-electron chi connectivity index (χ3n) is 3.99. The molecular weight excluding hydrogens is 266 g/mol. The van der Waals surface area contributed by atoms with Gasteiger partial charge in [-0.3, -0.25) is 4.79 Å². The van der Waals surface area contributed by atoms with Crippen molar-refractivity contribution in [3.05, 3.63) is 46.6 Å². The number of benzene rings is 1. The van der Waals surface area contributed by atoms with Crippen LogP contribution in [-0.2, 0) is 0 Å². The molecule has 5 heteroatoms. The maximum atomic E-state index is 12.7. The van der Waals surface area contributed by atoms with Gasteiger partial charge in [-0.2, -0.15) is 4.98 Å². The van der Waals surface area contributed by atoms with Crippen LogP contribution in [0, 0.1) is 20.8 Å². The van der Waals surface area contributed by atoms with Gasteiger partial charge in [0, 0.05) is 18.7 Å². The van der Waals surface area contributed by atoms with Crippen molar-refractivity contribution in [3.8, 4) is 0 Å². The summed E-state index contributed by atoms with van der Waals surface area (Å²) in [6.45, 7) is 7.17. The number of amides is 1. The topological polar surface area (TPSA) is 59.2 Å². The van der Waals surface area contributed by atoms with Gasteiger partial charge in [-0.05, 0) is 38.8 Å². The second-order valence-corrected chi connectivity index (χ2v) is 5.73. The van der Waals surface area contributed by atoms with Gasteiger partial charge in [0.25, 0.3) is 5.91 Å². The van der Waals surface area contributed by atoms with E-state index in [1.165, 1.54) is 0 Å². The first-order valence-electron chi connectivity index (χ1n) is 7.21. The summed E-state index contributed by atoms with van der Waals surface area (Å²) in [6.07, 6.45) is 0.873. The summed E-state index contributed by atoms with van der Waals surface area (Å²) < 4.78 is 5.23. The van der Waals surface area contributed by atoms with Gasteiger partial charge < -0.3 is 9.42 Å². The highest BCUT2D eigenvalue weighted by atomic mass is 16.5. The van der Waals surface area contributed by atoms with Crippen LogP contribution in [0.1, 0.15) is 45.5 Å². The predicted molar refractivity (Wildman–Crippen MR) is 78.2 cm³/mol. The van der Waals surface area contributed by atoms with E-state index in [9.17, 15) is 4.79 Å². The number of carbonyl (C=O) groups excluding carboxylic acids is 1. The monoisotopic (exact) mass is 285 g/mol. The molecule has 110 valence electrons. The smallest absolute Gasteiger partial charge is 0.254 e. The molecule has 0 N–H and O–H groups in total. The molecule has 1 saturated heterocycles. The quantitative estimate of drug-likeness (QED) is 0.851. The molecular formula is C16H19N3O2. The molecule has 0 spiro atoms. The van der Waals surface area contributed by atoms with Crippen molar-refractivity contribution in [2.75, 3.05) is 13.1 Å². The summed E-state index contributed by atoms with van der Waals surface area (Å²) in [6, 6.07) is 5.99. The Bertz CT molecular complexity index is 678. The summed E-state index contributed by atoms with van der Waals surface area (Å²) in [5.41, 5.74) is 2.91. The Kier molecular flexibility index (Phi) is 3.49. The Morgan fingerprint density at radius 1 is 1.33 bits per heavy atom. The minimum absolute atomic E-state index is 0.0925. The fraction of sp³-hybridized carbons (Fsp3) is 0.438. The summed E-state index contributed by atoms with van der Waals surface area (Å²) in [4.78, 5) is 18.8. The van der Waals surface area contributed by atoms with Crippen LogP contribution in [0.3, 0.4) is 0 Å². The number of hydrogen-bond acceptors (Lipinski definition) is 4. The number of carbonyl (C=O) groups is 1. The van der Waals surface area contributed by atoms with E-state index in [-0.39, 0.29) is 11.8 Å². The number of aromatic nitrogens is 2. The zero-order valence-corrected chi connectivity index (χ0v) is 12.6. The third-order valence-corrected chi connectivity index (χ3v) is 3.99. The first kappa shape index (κ1) is 13.8. The minimum Gasteiger partial charge on any atom is -0.339 e. The maximum absolute atomic E-state index is 12.7. The summed E-state index contributed by atoms with van der Waals surface area (Å²) >= 11 is 0. The fourth-order valence-corrected chi connectivity index (χ4v) is 2.76. The summed E-state index contributed by atoms with van der Waals surface area (Å²) in [5.74, 6) is 1.53. The van der Waals surface area contributed by atoms with Gasteiger partial charge in [0.15, 0.2) is 5.82 Å². The first-order valence-corrected chi connectivity index (χ1v) is 7.21. The average Bonchev–Trinajstić information content (AvgIpc) is 3.09. The number of hydrogen-bond donors (Lipinski definition) is 0. The molecule has 0 aliphatic carbocycles. The molecule has 3 rings (SSSR count). The van der Waals surface area contributed by atoms with E-state index < -0.39 is 0 Å². The van der Waals surface area contributed by atoms with E-state index in [0.29, 0.717) is 18.3 Å². The Balaban J connectivity index is 1.76. The van der Waals surface area contributed by atoms with E-state index in [0.717, 1.165) is 29.7 Å². The van der Waals surface area contributed by atoms with Crippen LogP contribution in [0.2, 0.25) is 0 Å². The van der Waals surface area contributed by atoms with Crippen LogP contribution >= 0.6 is 0 Å². The number of rotatable bonds is 2. The molecule has 1 atom stereocenters. The van der Waals surface area contributed by atoms with E-state index in [2.05, 4.69) is 10.1 Å². The second kappa shape index (κ2) is 5.31. The molecule has 2 heterocycles. The Hall–Kier alpha value is -2.17. The van der Waals surface area contributed by atoms with Crippen LogP contribution in [0.4, 0.5) is 0 Å². The maximum Gasteiger partial charge on any atom is 0.254 e. The predicted octanol–water partition coefficient (Wildman–Crippen LogP) is 2.62. The molecule has 2 aromatic rings. The van der Waals surface area contributed by atoms with Crippen LogP contribution in [0.15, 0.2) is 22.7 Å². The van der Waals surface area contributed by atoms with Gasteiger partial charge in [0.1, 0.15) is 0 Å². The second-order valence-electron chi connectivity index (χ2n) is 5.73. The fourth-order valence-electron chi connectivity index (χ4n) is 2.76. The van der Waals surface area contributed by atoms with Crippen LogP contribution < -0.4 is 0 Å². The average molecular weight is 285 g/mol. The lowest BCUT2D eigenvalue weighted by atomic mass is 10.0. The zero-order valence-electron chi connectivity index (χ0n) is 12.6. The molecule has 0 bridgehead atoms. The van der Waals surface area contributed by atoms with Crippen LogP contribution in [0.25, 0.3) is 0 Å². The molecule has 1 fully saturated rings. The van der Waals surface area contributed by atoms with Gasteiger partial charge in [0.05, 0.1) is 5.92 Å². The molecule has 1 aliphatic rings. The molecule has 1 aromatic carbocycles. The van der Waals surface area contributed by atoms with Crippen molar-refractivity contribution >= 4 is 5.91 Å². The lowest BCUT2D eigenvalue weighted by Crippen LogP contribution is -2.29. The summed E-state index contributed by atoms with van der Waals surface area (Å²) in [7, 11) is 0. The lowest BCUT2D eigenvalue weighted by molar-refractivity contribution is 0.0789. The van der Waals surface area contributed by atoms with Crippen molar-refractivity contribution in [3.63, 3.8) is 0 Å². The molecule has 21 heavy (non-hydrogen) atoms. The van der Waals surface area contributed by atoms with E-state index >= 15 is 0 Å². The summed E-state index contributed by atoms with van der Waals surface area (Å²) in [5, 5.41) is 3.83. The molecule has 5 nitrogen and oxygen atoms in total. The van der Waals surface area contributed by atoms with Crippen LogP contribution in [0.5, 0.6) is 0 Å². The standard InChI is InChI=1S/C16H19N3O2/c1-10-4-5-11(2)14(8-10)16(20)19-7-6-13(9-19)15-17-12(3)18-21-15/h4-5,8,13H,6-7,9H2,1-3H3/t13-/m1/s1. The highest BCUT2D eigenvalue weighted by Gasteiger charge is 2.31. The van der Waals surface area contributed by atoms with E-state index in [4.69, 9.17) is 4.52 Å². The number of aryl methyl sites for hydroxylation is 3. The highest BCUT2D eigenvalue weighted by Crippen LogP contribution is 2.27. The van der Waals surface area contributed by atoms with Crippen molar-refractivity contribution < 1.29 is 9.32 Å². The molecule has 0 saturated carbocycles. The number of nitrogens with zero attached hydrogens (tertiary/aromatic N) is 3. The van der Waals surface area contributed by atoms with Gasteiger partial charge in [-0.25, -0.2) is 0 Å². The molecule has 1 aromatic heterocycles. The normalized spacial score (nSPS) is 18.2. The van der Waals surface area contributed by atoms with Gasteiger partial charge in [-0.1, -0.05) is 22.9 Å². The lowest BCUT2D eigenvalue weighted by Gasteiger charge is -2.17. The SMILES string of the molecule is Cc1ccc(C)c(C(=O)N2CC[C@@H](c3nc(C)no3)C2)c1. The molecule has 0 radical (unpaired) electrons. The molecule has 1 aliphatic heterocycles. The molecule has 1 amide bonds. The van der Waals surface area contributed by atoms with Gasteiger partial charge >= 0.3 is 0 Å². The van der Waals surface area contributed by atoms with Crippen molar-refractivity contribution in [2.24, 2.45) is 0 Å². The zero-order chi connectivity index (χ0) is 15.0. The first-order chi connectivity index (χ1) is 10.0. The molecule has 0 unspecified atom stereocenters. The van der Waals surface area contributed by atoms with Crippen LogP contribution in [-0.4, -0.2) is 34.0 Å². The van der Waals surface area contributed by atoms with Crippen molar-refractivity contribution in [2.45, 2.75) is 33.1 Å². The largest absolute Gasteiger partial charge is 0.339 e. The van der Waals surface area contributed by atoms with Crippen molar-refractivity contribution in [1.82, 2.24) is 15.0 Å². The Morgan fingerprint density at radius 3 is 2.86 bits per heavy atom. The minimum atomic E-state index is 0.0925. The van der Waals surface area contributed by atoms with E-state index in [1.54, 1.807) is 6.92 Å². The highest BCUT2D eigenvalue weighted by molar-refractivity contribution is 5.96. The number of likely N-dealkylation sites (tertiary alicyclic amines) is 1. The Labute approximate surface area is 124 Å². The van der Waals surface area contributed by atoms with Gasteiger partial charge in [-0.15, -0.1) is 0 Å².